The van der Waals surface area contributed by atoms with Gasteiger partial charge in [-0.15, -0.1) is 10.2 Å². The lowest BCUT2D eigenvalue weighted by atomic mass is 9.91. The third-order valence-corrected chi connectivity index (χ3v) is 4.31. The zero-order valence-electron chi connectivity index (χ0n) is 17.1. The van der Waals surface area contributed by atoms with Crippen LogP contribution in [0.15, 0.2) is 28.7 Å². The van der Waals surface area contributed by atoms with Crippen molar-refractivity contribution in [3.63, 3.8) is 0 Å². The Bertz CT molecular complexity index is 791. The summed E-state index contributed by atoms with van der Waals surface area (Å²) in [5.74, 6) is 1.55. The number of hydrogen-bond acceptors (Lipinski definition) is 5. The van der Waals surface area contributed by atoms with Gasteiger partial charge in [-0.2, -0.15) is 0 Å². The molecule has 1 aliphatic rings. The molecule has 27 heavy (non-hydrogen) atoms. The summed E-state index contributed by atoms with van der Waals surface area (Å²) in [7, 11) is 0. The maximum atomic E-state index is 12.0. The van der Waals surface area contributed by atoms with E-state index in [-0.39, 0.29) is 11.5 Å². The number of nitrogens with zero attached hydrogens (tertiary/aromatic N) is 3. The number of ether oxygens (including phenoxy) is 1. The average Bonchev–Trinajstić information content (AvgIpc) is 2.90. The highest BCUT2D eigenvalue weighted by Gasteiger charge is 2.34. The van der Waals surface area contributed by atoms with Crippen LogP contribution >= 0.6 is 0 Å². The van der Waals surface area contributed by atoms with Crippen LogP contribution in [-0.4, -0.2) is 39.9 Å². The number of benzene rings is 1. The van der Waals surface area contributed by atoms with Crippen LogP contribution in [0.1, 0.15) is 58.9 Å². The Labute approximate surface area is 160 Å². The Balaban J connectivity index is 1.58. The number of hydrogen-bond donors (Lipinski definition) is 0. The molecule has 3 rings (SSSR count). The van der Waals surface area contributed by atoms with E-state index in [0.29, 0.717) is 30.8 Å². The van der Waals surface area contributed by atoms with Crippen molar-refractivity contribution in [3.05, 3.63) is 35.7 Å². The van der Waals surface area contributed by atoms with E-state index in [0.717, 1.165) is 12.0 Å². The first-order valence-corrected chi connectivity index (χ1v) is 9.41. The van der Waals surface area contributed by atoms with Crippen LogP contribution in [0.25, 0.3) is 11.5 Å². The van der Waals surface area contributed by atoms with E-state index in [1.54, 1.807) is 4.90 Å². The Morgan fingerprint density at radius 3 is 2.30 bits per heavy atom. The first-order chi connectivity index (χ1) is 12.5. The highest BCUT2D eigenvalue weighted by molar-refractivity contribution is 5.69. The van der Waals surface area contributed by atoms with Crippen molar-refractivity contribution in [1.29, 1.82) is 0 Å². The maximum Gasteiger partial charge on any atom is 0.410 e. The van der Waals surface area contributed by atoms with Gasteiger partial charge in [-0.3, -0.25) is 0 Å². The summed E-state index contributed by atoms with van der Waals surface area (Å²) < 4.78 is 11.2. The van der Waals surface area contributed by atoms with E-state index in [1.807, 2.05) is 32.9 Å². The molecule has 1 saturated heterocycles. The minimum Gasteiger partial charge on any atom is -0.444 e. The van der Waals surface area contributed by atoms with E-state index < -0.39 is 5.60 Å². The monoisotopic (exact) mass is 371 g/mol. The van der Waals surface area contributed by atoms with Crippen LogP contribution in [0.4, 0.5) is 4.79 Å². The second-order valence-electron chi connectivity index (χ2n) is 9.44. The van der Waals surface area contributed by atoms with Gasteiger partial charge in [0.15, 0.2) is 0 Å². The summed E-state index contributed by atoms with van der Waals surface area (Å²) in [6.07, 6.45) is 0.508. The Morgan fingerprint density at radius 2 is 1.74 bits per heavy atom. The molecule has 146 valence electrons. The van der Waals surface area contributed by atoms with Gasteiger partial charge in [0.1, 0.15) is 5.60 Å². The third kappa shape index (κ3) is 5.08. The molecule has 0 radical (unpaired) electrons. The number of carbonyl (C=O) groups is 1. The van der Waals surface area contributed by atoms with Crippen molar-refractivity contribution >= 4 is 6.09 Å². The van der Waals surface area contributed by atoms with E-state index in [1.165, 1.54) is 5.56 Å². The number of aromatic nitrogens is 2. The van der Waals surface area contributed by atoms with Crippen molar-refractivity contribution in [2.24, 2.45) is 5.41 Å². The van der Waals surface area contributed by atoms with Gasteiger partial charge in [0.25, 0.3) is 0 Å². The van der Waals surface area contributed by atoms with Gasteiger partial charge in [0.05, 0.1) is 0 Å². The van der Waals surface area contributed by atoms with Crippen molar-refractivity contribution in [3.8, 4) is 11.5 Å². The molecular formula is C21H29N3O3. The Hall–Kier alpha value is -2.37. The number of carbonyl (C=O) groups excluding carboxylic acids is 1. The molecule has 2 aromatic rings. The van der Waals surface area contributed by atoms with E-state index in [9.17, 15) is 4.79 Å². The van der Waals surface area contributed by atoms with Gasteiger partial charge in [-0.05, 0) is 43.9 Å². The lowest BCUT2D eigenvalue weighted by Crippen LogP contribution is -2.50. The third-order valence-electron chi connectivity index (χ3n) is 4.31. The fourth-order valence-corrected chi connectivity index (χ4v) is 2.96. The van der Waals surface area contributed by atoms with E-state index >= 15 is 0 Å². The fourth-order valence-electron chi connectivity index (χ4n) is 2.96. The second-order valence-corrected chi connectivity index (χ2v) is 9.44. The molecule has 0 N–H and O–H groups in total. The summed E-state index contributed by atoms with van der Waals surface area (Å²) in [5, 5.41) is 8.31. The largest absolute Gasteiger partial charge is 0.444 e. The van der Waals surface area contributed by atoms with Crippen LogP contribution in [-0.2, 0) is 11.2 Å². The summed E-state index contributed by atoms with van der Waals surface area (Å²) in [4.78, 5) is 13.8. The molecule has 1 amide bonds. The molecule has 0 aliphatic carbocycles. The van der Waals surface area contributed by atoms with E-state index in [4.69, 9.17) is 9.15 Å². The van der Waals surface area contributed by atoms with Crippen LogP contribution in [0, 0.1) is 5.41 Å². The smallest absolute Gasteiger partial charge is 0.410 e. The number of likely N-dealkylation sites (tertiary alicyclic amines) is 1. The zero-order valence-corrected chi connectivity index (χ0v) is 17.1. The quantitative estimate of drug-likeness (QED) is 0.785. The zero-order chi connectivity index (χ0) is 19.8. The van der Waals surface area contributed by atoms with Gasteiger partial charge in [-0.25, -0.2) is 4.79 Å². The van der Waals surface area contributed by atoms with Gasteiger partial charge >= 0.3 is 6.09 Å². The average molecular weight is 371 g/mol. The maximum absolute atomic E-state index is 12.0. The molecule has 0 atom stereocenters. The number of rotatable bonds is 3. The normalized spacial score (nSPS) is 15.6. The molecule has 0 bridgehead atoms. The molecule has 0 unspecified atom stereocenters. The van der Waals surface area contributed by atoms with Gasteiger partial charge in [0.2, 0.25) is 11.8 Å². The lowest BCUT2D eigenvalue weighted by Gasteiger charge is -2.40. The SMILES string of the molecule is CC(C)(C)Cc1nnc(-c2ccc(C3CN(C(=O)OC(C)(C)C)C3)cc2)o1. The standard InChI is InChI=1S/C21H29N3O3/c1-20(2,3)11-17-22-23-18(26-17)15-9-7-14(8-10-15)16-12-24(13-16)19(25)27-21(4,5)6/h7-10,16H,11-13H2,1-6H3. The van der Waals surface area contributed by atoms with Gasteiger partial charge in [0, 0.05) is 31.0 Å². The lowest BCUT2D eigenvalue weighted by molar-refractivity contribution is 0.00819. The minimum atomic E-state index is -0.459. The van der Waals surface area contributed by atoms with Gasteiger partial charge < -0.3 is 14.1 Å². The highest BCUT2D eigenvalue weighted by Crippen LogP contribution is 2.30. The van der Waals surface area contributed by atoms with Crippen LogP contribution in [0.2, 0.25) is 0 Å². The predicted molar refractivity (Wildman–Crippen MR) is 103 cm³/mol. The summed E-state index contributed by atoms with van der Waals surface area (Å²) >= 11 is 0. The predicted octanol–water partition coefficient (Wildman–Crippen LogP) is 4.66. The van der Waals surface area contributed by atoms with Crippen LogP contribution < -0.4 is 0 Å². The van der Waals surface area contributed by atoms with Crippen molar-refractivity contribution in [1.82, 2.24) is 15.1 Å². The molecule has 1 aromatic heterocycles. The molecular weight excluding hydrogens is 342 g/mol. The Morgan fingerprint density at radius 1 is 1.11 bits per heavy atom. The molecule has 1 aliphatic heterocycles. The van der Waals surface area contributed by atoms with Gasteiger partial charge in [-0.1, -0.05) is 32.9 Å². The molecule has 6 nitrogen and oxygen atoms in total. The molecule has 0 saturated carbocycles. The summed E-state index contributed by atoms with van der Waals surface area (Å²) in [6.45, 7) is 13.4. The summed E-state index contributed by atoms with van der Waals surface area (Å²) in [5.41, 5.74) is 1.76. The Kier molecular flexibility index (Phi) is 5.02. The first kappa shape index (κ1) is 19.4. The molecule has 0 spiro atoms. The van der Waals surface area contributed by atoms with Crippen molar-refractivity contribution in [2.75, 3.05) is 13.1 Å². The number of amides is 1. The summed E-state index contributed by atoms with van der Waals surface area (Å²) in [6, 6.07) is 8.14. The van der Waals surface area contributed by atoms with Crippen molar-refractivity contribution in [2.45, 2.75) is 59.5 Å². The molecule has 1 aromatic carbocycles. The van der Waals surface area contributed by atoms with Crippen LogP contribution in [0.3, 0.4) is 0 Å². The van der Waals surface area contributed by atoms with Crippen LogP contribution in [0.5, 0.6) is 0 Å². The van der Waals surface area contributed by atoms with Crippen molar-refractivity contribution < 1.29 is 13.9 Å². The molecule has 1 fully saturated rings. The molecule has 6 heteroatoms. The topological polar surface area (TPSA) is 68.5 Å². The molecule has 2 heterocycles. The fraction of sp³-hybridized carbons (Fsp3) is 0.571. The van der Waals surface area contributed by atoms with E-state index in [2.05, 4.69) is 43.1 Å². The first-order valence-electron chi connectivity index (χ1n) is 9.41. The second kappa shape index (κ2) is 6.98. The highest BCUT2D eigenvalue weighted by atomic mass is 16.6. The minimum absolute atomic E-state index is 0.109.